The summed E-state index contributed by atoms with van der Waals surface area (Å²) in [6, 6.07) is 7.62. The Morgan fingerprint density at radius 3 is 2.58 bits per heavy atom. The zero-order valence-corrected chi connectivity index (χ0v) is 22.3. The molecule has 2 aromatic rings. The van der Waals surface area contributed by atoms with Crippen molar-refractivity contribution in [2.45, 2.75) is 49.3 Å². The van der Waals surface area contributed by atoms with Gasteiger partial charge in [0, 0.05) is 31.3 Å². The third-order valence-corrected chi connectivity index (χ3v) is 7.95. The summed E-state index contributed by atoms with van der Waals surface area (Å²) in [5, 5.41) is 16.2. The summed E-state index contributed by atoms with van der Waals surface area (Å²) in [7, 11) is 1.55. The summed E-state index contributed by atoms with van der Waals surface area (Å²) in [4.78, 5) is 51.8. The molecule has 40 heavy (non-hydrogen) atoms. The van der Waals surface area contributed by atoms with Crippen molar-refractivity contribution in [3.8, 4) is 0 Å². The first-order valence-corrected chi connectivity index (χ1v) is 13.2. The van der Waals surface area contributed by atoms with E-state index in [1.807, 2.05) is 0 Å². The number of methoxy groups -OCH3 is 1. The second kappa shape index (κ2) is 10.6. The summed E-state index contributed by atoms with van der Waals surface area (Å²) in [6.07, 6.45) is 0.370. The minimum Gasteiger partial charge on any atom is -0.465 e. The van der Waals surface area contributed by atoms with E-state index in [2.05, 4.69) is 16.0 Å². The molecule has 1 spiro atoms. The summed E-state index contributed by atoms with van der Waals surface area (Å²) >= 11 is 6.06. The molecule has 2 fully saturated rings. The van der Waals surface area contributed by atoms with Crippen molar-refractivity contribution >= 4 is 47.0 Å². The van der Waals surface area contributed by atoms with Crippen LogP contribution < -0.4 is 16.0 Å². The molecule has 4 amide bonds. The Bertz CT molecular complexity index is 1370. The number of hydrogen-bond acceptors (Lipinski definition) is 6. The number of nitrogens with one attached hydrogen (secondary N) is 3. The van der Waals surface area contributed by atoms with Gasteiger partial charge in [-0.1, -0.05) is 11.6 Å². The van der Waals surface area contributed by atoms with Gasteiger partial charge >= 0.3 is 12.2 Å². The van der Waals surface area contributed by atoms with Crippen LogP contribution in [0.3, 0.4) is 0 Å². The number of anilines is 2. The van der Waals surface area contributed by atoms with Crippen molar-refractivity contribution in [1.29, 1.82) is 0 Å². The normalized spacial score (nSPS) is 21.5. The smallest absolute Gasteiger partial charge is 0.412 e. The molecule has 13 heteroatoms. The van der Waals surface area contributed by atoms with Gasteiger partial charge in [-0.3, -0.25) is 20.2 Å². The average Bonchev–Trinajstić information content (AvgIpc) is 3.69. The van der Waals surface area contributed by atoms with Crippen molar-refractivity contribution in [2.75, 3.05) is 30.8 Å². The SMILES string of the molecule is COC1(C[C@H](NC(=O)c2ccc(NC(=O)O)cc2)C(=O)N2CCCC3(C2)OC(=O)Nc2ccc(Cl)c(F)c23)CC1. The van der Waals surface area contributed by atoms with E-state index in [9.17, 15) is 19.2 Å². The van der Waals surface area contributed by atoms with Crippen LogP contribution in [0.5, 0.6) is 0 Å². The van der Waals surface area contributed by atoms with E-state index in [0.29, 0.717) is 13.0 Å². The zero-order valence-electron chi connectivity index (χ0n) is 21.6. The minimum atomic E-state index is -1.44. The van der Waals surface area contributed by atoms with Crippen LogP contribution in [0.25, 0.3) is 0 Å². The quantitative estimate of drug-likeness (QED) is 0.385. The largest absolute Gasteiger partial charge is 0.465 e. The summed E-state index contributed by atoms with van der Waals surface area (Å²) in [5.41, 5.74) is -1.16. The topological polar surface area (TPSA) is 146 Å². The van der Waals surface area contributed by atoms with Crippen molar-refractivity contribution in [1.82, 2.24) is 10.2 Å². The van der Waals surface area contributed by atoms with Crippen molar-refractivity contribution < 1.29 is 38.1 Å². The van der Waals surface area contributed by atoms with Crippen LogP contribution in [-0.2, 0) is 19.9 Å². The molecule has 2 aliphatic heterocycles. The molecule has 2 heterocycles. The number of carbonyl (C=O) groups is 4. The Morgan fingerprint density at radius 2 is 1.93 bits per heavy atom. The number of piperidine rings is 1. The Kier molecular flexibility index (Phi) is 7.32. The zero-order chi connectivity index (χ0) is 28.7. The van der Waals surface area contributed by atoms with Crippen LogP contribution in [0.1, 0.15) is 48.0 Å². The van der Waals surface area contributed by atoms with Gasteiger partial charge in [-0.05, 0) is 62.1 Å². The summed E-state index contributed by atoms with van der Waals surface area (Å²) < 4.78 is 26.6. The van der Waals surface area contributed by atoms with Gasteiger partial charge in [0.15, 0.2) is 11.4 Å². The maximum absolute atomic E-state index is 15.3. The summed E-state index contributed by atoms with van der Waals surface area (Å²) in [6.45, 7) is 0.191. The van der Waals surface area contributed by atoms with E-state index in [1.165, 1.54) is 41.3 Å². The first kappa shape index (κ1) is 27.7. The number of benzene rings is 2. The second-order valence-electron chi connectivity index (χ2n) is 10.3. The van der Waals surface area contributed by atoms with Crippen LogP contribution in [-0.4, -0.2) is 65.8 Å². The fraction of sp³-hybridized carbons (Fsp3) is 0.407. The molecule has 2 aromatic carbocycles. The van der Waals surface area contributed by atoms with Crippen LogP contribution in [0.15, 0.2) is 36.4 Å². The molecular weight excluding hydrogens is 547 g/mol. The number of hydrogen-bond donors (Lipinski definition) is 4. The fourth-order valence-corrected chi connectivity index (χ4v) is 5.61. The molecule has 0 radical (unpaired) electrons. The molecule has 0 aromatic heterocycles. The van der Waals surface area contributed by atoms with E-state index >= 15 is 4.39 Å². The number of carboxylic acid groups (broad SMARTS) is 1. The highest BCUT2D eigenvalue weighted by atomic mass is 35.5. The lowest BCUT2D eigenvalue weighted by molar-refractivity contribution is -0.142. The van der Waals surface area contributed by atoms with Crippen molar-refractivity contribution in [3.05, 3.63) is 58.4 Å². The molecule has 1 unspecified atom stereocenters. The van der Waals surface area contributed by atoms with E-state index in [1.54, 1.807) is 7.11 Å². The molecule has 4 N–H and O–H groups in total. The maximum atomic E-state index is 15.3. The van der Waals surface area contributed by atoms with Crippen molar-refractivity contribution in [2.24, 2.45) is 0 Å². The van der Waals surface area contributed by atoms with E-state index in [0.717, 1.165) is 12.8 Å². The Morgan fingerprint density at radius 1 is 1.20 bits per heavy atom. The van der Waals surface area contributed by atoms with Crippen molar-refractivity contribution in [3.63, 3.8) is 0 Å². The van der Waals surface area contributed by atoms with E-state index < -0.39 is 47.1 Å². The van der Waals surface area contributed by atoms with Crippen LogP contribution in [0.4, 0.5) is 25.4 Å². The molecule has 1 aliphatic carbocycles. The third-order valence-electron chi connectivity index (χ3n) is 7.66. The van der Waals surface area contributed by atoms with Gasteiger partial charge in [-0.25, -0.2) is 14.0 Å². The van der Waals surface area contributed by atoms with Gasteiger partial charge in [0.2, 0.25) is 5.91 Å². The molecule has 1 saturated heterocycles. The number of carbonyl (C=O) groups excluding carboxylic acids is 3. The van der Waals surface area contributed by atoms with Gasteiger partial charge in [0.25, 0.3) is 5.91 Å². The Hall–Kier alpha value is -3.90. The standard InChI is InChI=1S/C27H28ClFN4O7/c1-39-26(10-11-26)13-19(31-22(34)15-3-5-16(6-4-15)30-24(36)37)23(35)33-12-2-9-27(14-33)20-18(32-25(38)40-27)8-7-17(28)21(20)29/h3-8,19,30H,2,9-14H2,1H3,(H,31,34)(H,32,38)(H,36,37)/t19-,27?/m0/s1. The second-order valence-corrected chi connectivity index (χ2v) is 10.7. The Labute approximate surface area is 233 Å². The van der Waals surface area contributed by atoms with Gasteiger partial charge in [0.05, 0.1) is 28.4 Å². The highest BCUT2D eigenvalue weighted by Crippen LogP contribution is 2.46. The minimum absolute atomic E-state index is 0.0864. The molecule has 212 valence electrons. The van der Waals surface area contributed by atoms with Gasteiger partial charge < -0.3 is 24.8 Å². The first-order valence-electron chi connectivity index (χ1n) is 12.8. The molecule has 3 aliphatic rings. The number of halogens is 2. The maximum Gasteiger partial charge on any atom is 0.412 e. The summed E-state index contributed by atoms with van der Waals surface area (Å²) in [5.74, 6) is -1.68. The lowest BCUT2D eigenvalue weighted by atomic mass is 9.82. The number of likely N-dealkylation sites (tertiary alicyclic amines) is 1. The Balaban J connectivity index is 1.40. The van der Waals surface area contributed by atoms with E-state index in [-0.39, 0.29) is 46.9 Å². The highest BCUT2D eigenvalue weighted by molar-refractivity contribution is 6.31. The predicted molar refractivity (Wildman–Crippen MR) is 142 cm³/mol. The van der Waals surface area contributed by atoms with Gasteiger partial charge in [-0.15, -0.1) is 0 Å². The fourth-order valence-electron chi connectivity index (χ4n) is 5.46. The third kappa shape index (κ3) is 5.41. The van der Waals surface area contributed by atoms with Gasteiger partial charge in [0.1, 0.15) is 6.04 Å². The molecule has 0 bridgehead atoms. The molecule has 2 atom stereocenters. The lowest BCUT2D eigenvalue weighted by Crippen LogP contribution is -2.58. The van der Waals surface area contributed by atoms with Crippen LogP contribution in [0.2, 0.25) is 5.02 Å². The van der Waals surface area contributed by atoms with Gasteiger partial charge in [-0.2, -0.15) is 0 Å². The number of rotatable bonds is 7. The highest BCUT2D eigenvalue weighted by Gasteiger charge is 2.51. The monoisotopic (exact) mass is 574 g/mol. The molecule has 5 rings (SSSR count). The molecule has 1 saturated carbocycles. The van der Waals surface area contributed by atoms with Crippen LogP contribution >= 0.6 is 11.6 Å². The lowest BCUT2D eigenvalue weighted by Gasteiger charge is -2.45. The first-order chi connectivity index (χ1) is 19.0. The van der Waals surface area contributed by atoms with Crippen LogP contribution in [0, 0.1) is 5.82 Å². The number of amides is 4. The predicted octanol–water partition coefficient (Wildman–Crippen LogP) is 4.32. The number of ether oxygens (including phenoxy) is 2. The molecular formula is C27H28ClFN4O7. The number of nitrogens with zero attached hydrogens (tertiary/aromatic N) is 1. The number of fused-ring (bicyclic) bond motifs is 2. The molecule has 11 nitrogen and oxygen atoms in total. The van der Waals surface area contributed by atoms with E-state index in [4.69, 9.17) is 26.2 Å². The average molecular weight is 575 g/mol.